The number of aromatic nitrogens is 2. The minimum Gasteiger partial charge on any atom is -0.484 e. The van der Waals surface area contributed by atoms with Crippen molar-refractivity contribution >= 4 is 11.6 Å². The van der Waals surface area contributed by atoms with Crippen molar-refractivity contribution in [3.8, 4) is 5.75 Å². The third-order valence-corrected chi connectivity index (χ3v) is 3.81. The Morgan fingerprint density at radius 2 is 2.00 bits per heavy atom. The Morgan fingerprint density at radius 1 is 1.16 bits per heavy atom. The normalized spacial score (nSPS) is 10.4. The van der Waals surface area contributed by atoms with Crippen LogP contribution < -0.4 is 10.1 Å². The van der Waals surface area contributed by atoms with E-state index in [1.165, 1.54) is 5.56 Å². The second-order valence-electron chi connectivity index (χ2n) is 5.77. The predicted molar refractivity (Wildman–Crippen MR) is 97.7 cm³/mol. The molecule has 1 heterocycles. The summed E-state index contributed by atoms with van der Waals surface area (Å²) >= 11 is 0. The highest BCUT2D eigenvalue weighted by molar-refractivity contribution is 5.91. The van der Waals surface area contributed by atoms with E-state index in [0.29, 0.717) is 12.3 Å². The maximum Gasteiger partial charge on any atom is 0.262 e. The summed E-state index contributed by atoms with van der Waals surface area (Å²) in [5, 5.41) is 2.87. The molecule has 0 unspecified atom stereocenters. The lowest BCUT2D eigenvalue weighted by atomic mass is 10.2. The number of anilines is 1. The number of benzene rings is 2. The molecule has 0 saturated carbocycles. The molecule has 0 bridgehead atoms. The standard InChI is InChI=1S/C20H21N3O2/c1-2-16-5-4-8-19(12-16)25-14-20(24)22-18-7-3-6-17(11-18)13-23-10-9-21-15-23/h3-12,15H,2,13-14H2,1H3,(H,22,24). The van der Waals surface area contributed by atoms with Crippen molar-refractivity contribution in [2.75, 3.05) is 11.9 Å². The van der Waals surface area contributed by atoms with Gasteiger partial charge in [-0.05, 0) is 41.8 Å². The summed E-state index contributed by atoms with van der Waals surface area (Å²) in [6.45, 7) is 2.78. The molecule has 0 fully saturated rings. The molecule has 25 heavy (non-hydrogen) atoms. The van der Waals surface area contributed by atoms with Gasteiger partial charge in [-0.15, -0.1) is 0 Å². The van der Waals surface area contributed by atoms with Gasteiger partial charge in [0, 0.05) is 24.6 Å². The molecule has 0 spiro atoms. The van der Waals surface area contributed by atoms with Crippen molar-refractivity contribution in [2.24, 2.45) is 0 Å². The molecule has 5 heteroatoms. The summed E-state index contributed by atoms with van der Waals surface area (Å²) in [4.78, 5) is 16.1. The predicted octanol–water partition coefficient (Wildman–Crippen LogP) is 3.51. The minimum absolute atomic E-state index is 0.0150. The number of nitrogens with zero attached hydrogens (tertiary/aromatic N) is 2. The quantitative estimate of drug-likeness (QED) is 0.719. The Bertz CT molecular complexity index is 828. The van der Waals surface area contributed by atoms with Crippen LogP contribution in [0, 0.1) is 0 Å². The molecule has 1 N–H and O–H groups in total. The summed E-state index contributed by atoms with van der Waals surface area (Å²) in [7, 11) is 0. The number of ether oxygens (including phenoxy) is 1. The molecule has 0 aliphatic heterocycles. The Morgan fingerprint density at radius 3 is 2.80 bits per heavy atom. The molecule has 0 saturated heterocycles. The maximum atomic E-state index is 12.1. The van der Waals surface area contributed by atoms with E-state index >= 15 is 0 Å². The summed E-state index contributed by atoms with van der Waals surface area (Å²) in [6, 6.07) is 15.6. The van der Waals surface area contributed by atoms with Gasteiger partial charge in [0.25, 0.3) is 5.91 Å². The molecule has 5 nitrogen and oxygen atoms in total. The molecular formula is C20H21N3O2. The van der Waals surface area contributed by atoms with Crippen molar-refractivity contribution in [1.29, 1.82) is 0 Å². The zero-order valence-corrected chi connectivity index (χ0v) is 14.2. The maximum absolute atomic E-state index is 12.1. The Labute approximate surface area is 147 Å². The van der Waals surface area contributed by atoms with Crippen LogP contribution in [0.4, 0.5) is 5.69 Å². The van der Waals surface area contributed by atoms with E-state index in [2.05, 4.69) is 17.2 Å². The van der Waals surface area contributed by atoms with Crippen molar-refractivity contribution < 1.29 is 9.53 Å². The first-order chi connectivity index (χ1) is 12.2. The van der Waals surface area contributed by atoms with Crippen LogP contribution in [0.2, 0.25) is 0 Å². The van der Waals surface area contributed by atoms with Crippen LogP contribution in [-0.4, -0.2) is 22.1 Å². The molecule has 1 aromatic heterocycles. The molecular weight excluding hydrogens is 314 g/mol. The smallest absolute Gasteiger partial charge is 0.262 e. The molecule has 0 radical (unpaired) electrons. The fourth-order valence-corrected chi connectivity index (χ4v) is 2.54. The van der Waals surface area contributed by atoms with Crippen LogP contribution in [0.25, 0.3) is 0 Å². The van der Waals surface area contributed by atoms with Crippen molar-refractivity contribution in [1.82, 2.24) is 9.55 Å². The average Bonchev–Trinajstić information content (AvgIpc) is 3.13. The number of hydrogen-bond donors (Lipinski definition) is 1. The summed E-state index contributed by atoms with van der Waals surface area (Å²) in [5.74, 6) is 0.532. The van der Waals surface area contributed by atoms with E-state index in [4.69, 9.17) is 4.74 Å². The first-order valence-electron chi connectivity index (χ1n) is 8.29. The number of nitrogens with one attached hydrogen (secondary N) is 1. The van der Waals surface area contributed by atoms with Gasteiger partial charge < -0.3 is 14.6 Å². The van der Waals surface area contributed by atoms with Gasteiger partial charge in [0.2, 0.25) is 0 Å². The molecule has 2 aromatic carbocycles. The lowest BCUT2D eigenvalue weighted by Crippen LogP contribution is -2.20. The molecule has 3 aromatic rings. The molecule has 128 valence electrons. The zero-order valence-electron chi connectivity index (χ0n) is 14.2. The zero-order chi connectivity index (χ0) is 17.5. The SMILES string of the molecule is CCc1cccc(OCC(=O)Nc2cccc(Cn3ccnc3)c2)c1. The number of aryl methyl sites for hydroxylation is 1. The molecule has 0 aliphatic rings. The van der Waals surface area contributed by atoms with Gasteiger partial charge in [0.15, 0.2) is 6.61 Å². The summed E-state index contributed by atoms with van der Waals surface area (Å²) < 4.78 is 7.55. The largest absolute Gasteiger partial charge is 0.484 e. The van der Waals surface area contributed by atoms with Gasteiger partial charge >= 0.3 is 0 Å². The van der Waals surface area contributed by atoms with Crippen molar-refractivity contribution in [2.45, 2.75) is 19.9 Å². The Balaban J connectivity index is 1.55. The highest BCUT2D eigenvalue weighted by Crippen LogP contribution is 2.15. The third-order valence-electron chi connectivity index (χ3n) is 3.81. The van der Waals surface area contributed by atoms with Gasteiger partial charge in [-0.1, -0.05) is 31.2 Å². The highest BCUT2D eigenvalue weighted by atomic mass is 16.5. The molecule has 3 rings (SSSR count). The van der Waals surface area contributed by atoms with Crippen LogP contribution in [0.15, 0.2) is 67.3 Å². The lowest BCUT2D eigenvalue weighted by molar-refractivity contribution is -0.118. The lowest BCUT2D eigenvalue weighted by Gasteiger charge is -2.10. The fourth-order valence-electron chi connectivity index (χ4n) is 2.54. The highest BCUT2D eigenvalue weighted by Gasteiger charge is 2.05. The second kappa shape index (κ2) is 8.15. The molecule has 0 aliphatic carbocycles. The van der Waals surface area contributed by atoms with E-state index in [1.807, 2.05) is 59.3 Å². The average molecular weight is 335 g/mol. The summed E-state index contributed by atoms with van der Waals surface area (Å²) in [6.07, 6.45) is 6.36. The number of carbonyl (C=O) groups is 1. The van der Waals surface area contributed by atoms with Crippen molar-refractivity contribution in [3.63, 3.8) is 0 Å². The number of imidazole rings is 1. The second-order valence-corrected chi connectivity index (χ2v) is 5.77. The van der Waals surface area contributed by atoms with E-state index in [-0.39, 0.29) is 12.5 Å². The van der Waals surface area contributed by atoms with Gasteiger partial charge in [-0.2, -0.15) is 0 Å². The number of carbonyl (C=O) groups excluding carboxylic acids is 1. The van der Waals surface area contributed by atoms with Gasteiger partial charge in [-0.25, -0.2) is 4.98 Å². The van der Waals surface area contributed by atoms with E-state index in [1.54, 1.807) is 12.5 Å². The first-order valence-corrected chi connectivity index (χ1v) is 8.29. The number of hydrogen-bond acceptors (Lipinski definition) is 3. The van der Waals surface area contributed by atoms with E-state index in [9.17, 15) is 4.79 Å². The number of amides is 1. The van der Waals surface area contributed by atoms with Crippen LogP contribution in [-0.2, 0) is 17.8 Å². The Hall–Kier alpha value is -3.08. The van der Waals surface area contributed by atoms with E-state index < -0.39 is 0 Å². The van der Waals surface area contributed by atoms with Crippen LogP contribution in [0.3, 0.4) is 0 Å². The monoisotopic (exact) mass is 335 g/mol. The minimum atomic E-state index is -0.179. The first kappa shape index (κ1) is 16.8. The van der Waals surface area contributed by atoms with E-state index in [0.717, 1.165) is 17.7 Å². The van der Waals surface area contributed by atoms with Gasteiger partial charge in [0.1, 0.15) is 5.75 Å². The third kappa shape index (κ3) is 4.94. The van der Waals surface area contributed by atoms with Gasteiger partial charge in [-0.3, -0.25) is 4.79 Å². The van der Waals surface area contributed by atoms with Crippen LogP contribution in [0.5, 0.6) is 5.75 Å². The number of rotatable bonds is 7. The fraction of sp³-hybridized carbons (Fsp3) is 0.200. The Kier molecular flexibility index (Phi) is 5.46. The van der Waals surface area contributed by atoms with Crippen LogP contribution >= 0.6 is 0 Å². The van der Waals surface area contributed by atoms with Crippen LogP contribution in [0.1, 0.15) is 18.1 Å². The molecule has 0 atom stereocenters. The van der Waals surface area contributed by atoms with Gasteiger partial charge in [0.05, 0.1) is 6.33 Å². The topological polar surface area (TPSA) is 56.1 Å². The molecule has 1 amide bonds. The van der Waals surface area contributed by atoms with Crippen molar-refractivity contribution in [3.05, 3.63) is 78.4 Å². The summed E-state index contributed by atoms with van der Waals surface area (Å²) in [5.41, 5.74) is 3.03.